The SMILES string of the molecule is C.CCOC1CCC2C3=C1C(OC)C1=C(NCCC(C)C1)C3CC1=C(C(C)C3=C(C)CCCC3C)C(C)C(CCCCC3CCC(C4CCC(C)CC4)CC3)=C(C)C12. The molecule has 7 aliphatic carbocycles. The second-order valence-corrected chi connectivity index (χ2v) is 21.6. The lowest BCUT2D eigenvalue weighted by Crippen LogP contribution is -2.48. The first-order valence-electron chi connectivity index (χ1n) is 25.1. The Morgan fingerprint density at radius 3 is 2.17 bits per heavy atom. The summed E-state index contributed by atoms with van der Waals surface area (Å²) in [6.45, 7) is 22.0. The molecule has 8 rings (SSSR count). The number of nitrogens with one attached hydrogen (secondary N) is 1. The van der Waals surface area contributed by atoms with Crippen molar-refractivity contribution in [3.05, 3.63) is 55.9 Å². The molecule has 0 amide bonds. The number of rotatable bonds is 11. The fourth-order valence-electron chi connectivity index (χ4n) is 15.5. The normalized spacial score (nSPS) is 38.7. The van der Waals surface area contributed by atoms with Gasteiger partial charge in [-0.25, -0.2) is 0 Å². The summed E-state index contributed by atoms with van der Waals surface area (Å²) in [7, 11) is 1.98. The molecule has 326 valence electrons. The zero-order chi connectivity index (χ0) is 40.0. The average Bonchev–Trinajstić information content (AvgIpc) is 3.40. The van der Waals surface area contributed by atoms with E-state index in [4.69, 9.17) is 9.47 Å². The molecule has 0 spiro atoms. The Hall–Kier alpha value is -1.58. The van der Waals surface area contributed by atoms with Crippen LogP contribution in [-0.4, -0.2) is 32.5 Å². The molecule has 9 atom stereocenters. The van der Waals surface area contributed by atoms with Crippen LogP contribution in [0, 0.1) is 65.1 Å². The smallest absolute Gasteiger partial charge is 0.104 e. The van der Waals surface area contributed by atoms with Gasteiger partial charge in [0.15, 0.2) is 0 Å². The quantitative estimate of drug-likeness (QED) is 0.167. The molecule has 0 aromatic rings. The van der Waals surface area contributed by atoms with Crippen LogP contribution >= 0.6 is 0 Å². The topological polar surface area (TPSA) is 30.5 Å². The first-order valence-corrected chi connectivity index (χ1v) is 25.1. The number of methoxy groups -OCH3 is 1. The van der Waals surface area contributed by atoms with Crippen molar-refractivity contribution in [3.63, 3.8) is 0 Å². The molecular formula is C55H89NO2. The Labute approximate surface area is 358 Å². The van der Waals surface area contributed by atoms with Crippen molar-refractivity contribution in [2.24, 2.45) is 65.1 Å². The number of unbranched alkanes of at least 4 members (excludes halogenated alkanes) is 1. The van der Waals surface area contributed by atoms with E-state index in [1.54, 1.807) is 39.1 Å². The van der Waals surface area contributed by atoms with Crippen LogP contribution in [0.4, 0.5) is 0 Å². The van der Waals surface area contributed by atoms with Gasteiger partial charge in [0.2, 0.25) is 0 Å². The molecule has 0 aromatic carbocycles. The summed E-state index contributed by atoms with van der Waals surface area (Å²) in [5.74, 6) is 8.05. The lowest BCUT2D eigenvalue weighted by molar-refractivity contribution is 0.0348. The van der Waals surface area contributed by atoms with Crippen molar-refractivity contribution in [2.45, 2.75) is 203 Å². The zero-order valence-corrected chi connectivity index (χ0v) is 38.4. The summed E-state index contributed by atoms with van der Waals surface area (Å²) in [6, 6.07) is 0. The maximum Gasteiger partial charge on any atom is 0.104 e. The summed E-state index contributed by atoms with van der Waals surface area (Å²) in [6.07, 6.45) is 27.9. The molecule has 0 bridgehead atoms. The maximum absolute atomic E-state index is 6.70. The fraction of sp³-hybridized carbons (Fsp3) is 0.818. The average molecular weight is 796 g/mol. The minimum Gasteiger partial charge on any atom is -0.388 e. The van der Waals surface area contributed by atoms with Crippen LogP contribution in [0.2, 0.25) is 0 Å². The zero-order valence-electron chi connectivity index (χ0n) is 38.4. The van der Waals surface area contributed by atoms with Gasteiger partial charge in [-0.2, -0.15) is 0 Å². The standard InChI is InChI=1S/C54H85NO2.CH4/c1-10-57-47-27-26-43-50-37(7)42(17-12-11-16-39-20-24-41(25-21-39)40-22-18-32(2)19-23-40)36(6)49(38(8)48-34(4)14-13-15-35(48)5)44(50)31-45-51(43)52(47)54(56-9)46-30-33(3)28-29-55-53(45)46;/h32-34,36,38-41,43,45,47,50,54-55H,10-31H2,1-9H3;1H4. The highest BCUT2D eigenvalue weighted by Gasteiger charge is 2.53. The van der Waals surface area contributed by atoms with Crippen LogP contribution in [0.1, 0.15) is 191 Å². The van der Waals surface area contributed by atoms with Crippen LogP contribution in [0.25, 0.3) is 0 Å². The number of allylic oxidation sites excluding steroid dienone is 7. The van der Waals surface area contributed by atoms with Gasteiger partial charge in [-0.15, -0.1) is 0 Å². The van der Waals surface area contributed by atoms with Crippen molar-refractivity contribution in [1.82, 2.24) is 5.32 Å². The van der Waals surface area contributed by atoms with E-state index in [0.29, 0.717) is 41.4 Å². The van der Waals surface area contributed by atoms with E-state index in [9.17, 15) is 0 Å². The van der Waals surface area contributed by atoms with Gasteiger partial charge in [-0.1, -0.05) is 120 Å². The highest BCUT2D eigenvalue weighted by Crippen LogP contribution is 2.62. The third kappa shape index (κ3) is 8.47. The van der Waals surface area contributed by atoms with Gasteiger partial charge in [0.05, 0.1) is 6.10 Å². The van der Waals surface area contributed by atoms with Crippen molar-refractivity contribution >= 4 is 0 Å². The van der Waals surface area contributed by atoms with Gasteiger partial charge in [0.1, 0.15) is 6.10 Å². The maximum atomic E-state index is 6.70. The summed E-state index contributed by atoms with van der Waals surface area (Å²) in [5, 5.41) is 4.12. The van der Waals surface area contributed by atoms with E-state index in [1.807, 2.05) is 23.8 Å². The molecule has 0 aromatic heterocycles. The third-order valence-electron chi connectivity index (χ3n) is 18.2. The molecule has 1 heterocycles. The second kappa shape index (κ2) is 19.2. The molecule has 1 N–H and O–H groups in total. The molecule has 3 nitrogen and oxygen atoms in total. The Bertz CT molecular complexity index is 1600. The van der Waals surface area contributed by atoms with Crippen molar-refractivity contribution < 1.29 is 9.47 Å². The Morgan fingerprint density at radius 2 is 1.48 bits per heavy atom. The Morgan fingerprint density at radius 1 is 0.759 bits per heavy atom. The van der Waals surface area contributed by atoms with Crippen LogP contribution < -0.4 is 5.32 Å². The lowest BCUT2D eigenvalue weighted by Gasteiger charge is -2.54. The summed E-state index contributed by atoms with van der Waals surface area (Å²) in [4.78, 5) is 0. The van der Waals surface area contributed by atoms with Crippen molar-refractivity contribution in [2.75, 3.05) is 20.3 Å². The van der Waals surface area contributed by atoms with Gasteiger partial charge >= 0.3 is 0 Å². The summed E-state index contributed by atoms with van der Waals surface area (Å²) in [5.41, 5.74) is 17.2. The Kier molecular flexibility index (Phi) is 14.7. The van der Waals surface area contributed by atoms with Gasteiger partial charge in [-0.3, -0.25) is 0 Å². The molecule has 3 saturated carbocycles. The summed E-state index contributed by atoms with van der Waals surface area (Å²) >= 11 is 0. The van der Waals surface area contributed by atoms with E-state index in [2.05, 4.69) is 60.7 Å². The van der Waals surface area contributed by atoms with Crippen LogP contribution in [-0.2, 0) is 9.47 Å². The first kappa shape index (κ1) is 44.5. The first-order chi connectivity index (χ1) is 27.6. The van der Waals surface area contributed by atoms with E-state index in [-0.39, 0.29) is 19.6 Å². The van der Waals surface area contributed by atoms with Gasteiger partial charge in [0, 0.05) is 37.8 Å². The second-order valence-electron chi connectivity index (χ2n) is 21.6. The summed E-state index contributed by atoms with van der Waals surface area (Å²) < 4.78 is 13.3. The monoisotopic (exact) mass is 796 g/mol. The highest BCUT2D eigenvalue weighted by atomic mass is 16.5. The predicted molar refractivity (Wildman–Crippen MR) is 247 cm³/mol. The Balaban J connectivity index is 0.00000512. The van der Waals surface area contributed by atoms with E-state index in [0.717, 1.165) is 49.7 Å². The van der Waals surface area contributed by atoms with Gasteiger partial charge in [0.25, 0.3) is 0 Å². The minimum atomic E-state index is 0. The molecule has 3 heteroatoms. The largest absolute Gasteiger partial charge is 0.388 e. The fourth-order valence-corrected chi connectivity index (χ4v) is 15.5. The van der Waals surface area contributed by atoms with E-state index >= 15 is 0 Å². The van der Waals surface area contributed by atoms with Crippen LogP contribution in [0.5, 0.6) is 0 Å². The minimum absolute atomic E-state index is 0. The number of ether oxygens (including phenoxy) is 2. The predicted octanol–water partition coefficient (Wildman–Crippen LogP) is 14.9. The molecule has 8 aliphatic rings. The molecule has 58 heavy (non-hydrogen) atoms. The molecular weight excluding hydrogens is 707 g/mol. The van der Waals surface area contributed by atoms with Crippen molar-refractivity contribution in [1.29, 1.82) is 0 Å². The highest BCUT2D eigenvalue weighted by molar-refractivity contribution is 5.55. The van der Waals surface area contributed by atoms with Crippen LogP contribution in [0.3, 0.4) is 0 Å². The molecule has 1 aliphatic heterocycles. The third-order valence-corrected chi connectivity index (χ3v) is 18.2. The lowest BCUT2D eigenvalue weighted by atomic mass is 9.52. The van der Waals surface area contributed by atoms with E-state index in [1.165, 1.54) is 116 Å². The molecule has 9 unspecified atom stereocenters. The van der Waals surface area contributed by atoms with Crippen molar-refractivity contribution in [3.8, 4) is 0 Å². The van der Waals surface area contributed by atoms with Crippen LogP contribution in [0.15, 0.2) is 55.9 Å². The number of hydrogen-bond acceptors (Lipinski definition) is 3. The molecule has 0 radical (unpaired) electrons. The molecule has 3 fully saturated rings. The van der Waals surface area contributed by atoms with E-state index < -0.39 is 0 Å². The van der Waals surface area contributed by atoms with Gasteiger partial charge < -0.3 is 14.8 Å². The number of hydrogen-bond donors (Lipinski definition) is 1. The molecule has 0 saturated heterocycles. The number of fused-ring (bicyclic) bond motifs is 3. The van der Waals surface area contributed by atoms with Gasteiger partial charge in [-0.05, 0) is 175 Å².